The lowest BCUT2D eigenvalue weighted by Gasteiger charge is -2.46. The number of morpholine rings is 1. The van der Waals surface area contributed by atoms with Gasteiger partial charge in [0.15, 0.2) is 0 Å². The molecule has 3 saturated heterocycles. The number of esters is 1. The molecule has 6 atom stereocenters. The Balaban J connectivity index is 1.30. The highest BCUT2D eigenvalue weighted by Crippen LogP contribution is 2.66. The lowest BCUT2D eigenvalue weighted by Crippen LogP contribution is -2.59. The summed E-state index contributed by atoms with van der Waals surface area (Å²) in [5, 5.41) is 9.99. The lowest BCUT2D eigenvalue weighted by molar-refractivity contribution is -0.179. The van der Waals surface area contributed by atoms with Crippen LogP contribution in [0.2, 0.25) is 0 Å². The minimum Gasteiger partial charge on any atom is -0.491 e. The molecule has 6 unspecified atom stereocenters. The summed E-state index contributed by atoms with van der Waals surface area (Å²) in [5.41, 5.74) is 0.608. The molecule has 5 heterocycles. The van der Waals surface area contributed by atoms with Crippen molar-refractivity contribution in [3.63, 3.8) is 0 Å². The van der Waals surface area contributed by atoms with Crippen LogP contribution in [0.25, 0.3) is 0 Å². The van der Waals surface area contributed by atoms with Crippen LogP contribution < -0.4 is 14.5 Å². The van der Waals surface area contributed by atoms with E-state index >= 15 is 14.4 Å². The normalized spacial score (nSPS) is 24.4. The fourth-order valence-electron chi connectivity index (χ4n) is 9.84. The maximum Gasteiger partial charge on any atom is 0.421 e. The van der Waals surface area contributed by atoms with E-state index in [4.69, 9.17) is 18.9 Å². The third-order valence-electron chi connectivity index (χ3n) is 12.3. The number of hydrogen-bond donors (Lipinski definition) is 1. The van der Waals surface area contributed by atoms with Gasteiger partial charge in [0.1, 0.15) is 36.5 Å². The summed E-state index contributed by atoms with van der Waals surface area (Å²) in [6.07, 6.45) is 1.48. The molecule has 1 aromatic heterocycles. The number of aromatic nitrogens is 2. The number of para-hydroxylation sites is 2. The van der Waals surface area contributed by atoms with Gasteiger partial charge < -0.3 is 33.9 Å². The van der Waals surface area contributed by atoms with E-state index in [0.29, 0.717) is 41.5 Å². The predicted molar refractivity (Wildman–Crippen MR) is 225 cm³/mol. The molecule has 3 fully saturated rings. The fourth-order valence-corrected chi connectivity index (χ4v) is 9.84. The van der Waals surface area contributed by atoms with Crippen LogP contribution in [-0.4, -0.2) is 115 Å². The van der Waals surface area contributed by atoms with Crippen molar-refractivity contribution in [3.8, 4) is 5.75 Å². The molecule has 318 valence electrons. The molecule has 4 aliphatic rings. The van der Waals surface area contributed by atoms with E-state index in [1.807, 2.05) is 76.5 Å². The molecule has 3 amide bonds. The van der Waals surface area contributed by atoms with Crippen molar-refractivity contribution in [2.75, 3.05) is 69.5 Å². The molecular weight excluding hydrogens is 793 g/mol. The van der Waals surface area contributed by atoms with Crippen LogP contribution >= 0.6 is 0 Å². The van der Waals surface area contributed by atoms with Crippen LogP contribution in [-0.2, 0) is 34.0 Å². The van der Waals surface area contributed by atoms with Crippen molar-refractivity contribution in [1.82, 2.24) is 19.8 Å². The highest BCUT2D eigenvalue weighted by Gasteiger charge is 2.76. The number of nitrogens with zero attached hydrogens (tertiary/aromatic N) is 6. The first kappa shape index (κ1) is 40.7. The van der Waals surface area contributed by atoms with Crippen LogP contribution in [0.5, 0.6) is 5.75 Å². The summed E-state index contributed by atoms with van der Waals surface area (Å²) in [6, 6.07) is 31.5. The van der Waals surface area contributed by atoms with Crippen molar-refractivity contribution in [3.05, 3.63) is 150 Å². The number of anilines is 2. The first-order valence-electron chi connectivity index (χ1n) is 20.7. The van der Waals surface area contributed by atoms with Gasteiger partial charge in [-0.05, 0) is 34.9 Å². The highest BCUT2D eigenvalue weighted by molar-refractivity contribution is 6.23. The third kappa shape index (κ3) is 6.82. The van der Waals surface area contributed by atoms with Gasteiger partial charge in [0.2, 0.25) is 17.8 Å². The van der Waals surface area contributed by atoms with E-state index in [1.165, 1.54) is 7.11 Å². The second-order valence-corrected chi connectivity index (χ2v) is 15.5. The number of piperazine rings is 1. The number of aliphatic hydroxyl groups is 1. The van der Waals surface area contributed by atoms with E-state index in [9.17, 15) is 9.90 Å². The average molecular weight is 839 g/mol. The monoisotopic (exact) mass is 838 g/mol. The standard InChI is InChI=1S/C47H46N6O9/c1-59-29-30-61-46(58)52-35-19-10-9-18-34(35)47(44(52)57)37(42(55)50-23-25-51(26-24-50)45-48-21-12-22-49-45)39-43(56)62-40(32-15-6-3-7-16-32)38(31-13-4-2-5-14-31)53(39)41(47)33-17-8-11-20-36(33)60-28-27-54/h2-22,37-41,54H,23-30H2,1H3. The summed E-state index contributed by atoms with van der Waals surface area (Å²) in [5.74, 6) is -2.45. The van der Waals surface area contributed by atoms with E-state index in [-0.39, 0.29) is 45.2 Å². The molecule has 0 bridgehead atoms. The molecule has 5 aromatic rings. The van der Waals surface area contributed by atoms with Gasteiger partial charge >= 0.3 is 12.1 Å². The second kappa shape index (κ2) is 17.4. The van der Waals surface area contributed by atoms with Gasteiger partial charge in [-0.25, -0.2) is 19.7 Å². The Labute approximate surface area is 358 Å². The SMILES string of the molecule is COCCOC(=O)N1C(=O)C2(c3ccccc31)C(C(=O)N1CCN(c3ncccn3)CC1)C1C(=O)OC(c3ccccc3)C(c3ccccc3)N1C2c1ccccc1OCCO. The molecule has 15 nitrogen and oxygen atoms in total. The maximum atomic E-state index is 16.2. The number of carbonyl (C=O) groups is 4. The molecule has 0 saturated carbocycles. The Morgan fingerprint density at radius 2 is 1.44 bits per heavy atom. The molecule has 9 rings (SSSR count). The van der Waals surface area contributed by atoms with Crippen molar-refractivity contribution < 1.29 is 43.2 Å². The molecule has 0 aliphatic carbocycles. The van der Waals surface area contributed by atoms with E-state index in [0.717, 1.165) is 10.5 Å². The number of cyclic esters (lactones) is 1. The number of imide groups is 1. The Morgan fingerprint density at radius 1 is 0.774 bits per heavy atom. The number of amides is 3. The number of hydrogen-bond acceptors (Lipinski definition) is 13. The number of methoxy groups -OCH3 is 1. The molecule has 0 radical (unpaired) electrons. The average Bonchev–Trinajstić information content (AvgIpc) is 3.78. The highest BCUT2D eigenvalue weighted by atomic mass is 16.6. The Kier molecular flexibility index (Phi) is 11.4. The number of carbonyl (C=O) groups excluding carboxylic acids is 4. The van der Waals surface area contributed by atoms with Gasteiger partial charge in [0, 0.05) is 51.2 Å². The Morgan fingerprint density at radius 3 is 2.15 bits per heavy atom. The molecule has 15 heteroatoms. The quantitative estimate of drug-likeness (QED) is 0.145. The fraction of sp³-hybridized carbons (Fsp3) is 0.319. The summed E-state index contributed by atoms with van der Waals surface area (Å²) in [7, 11) is 1.47. The number of aliphatic hydroxyl groups excluding tert-OH is 1. The summed E-state index contributed by atoms with van der Waals surface area (Å²) >= 11 is 0. The summed E-state index contributed by atoms with van der Waals surface area (Å²) in [4.78, 5) is 77.2. The van der Waals surface area contributed by atoms with Crippen LogP contribution in [0.3, 0.4) is 0 Å². The number of fused-ring (bicyclic) bond motifs is 3. The number of ether oxygens (including phenoxy) is 4. The smallest absolute Gasteiger partial charge is 0.421 e. The van der Waals surface area contributed by atoms with Gasteiger partial charge in [-0.3, -0.25) is 19.3 Å². The van der Waals surface area contributed by atoms with E-state index < -0.39 is 59.4 Å². The zero-order valence-corrected chi connectivity index (χ0v) is 34.1. The van der Waals surface area contributed by atoms with Crippen LogP contribution in [0.15, 0.2) is 128 Å². The first-order valence-corrected chi connectivity index (χ1v) is 20.7. The molecular formula is C47H46N6O9. The van der Waals surface area contributed by atoms with E-state index in [2.05, 4.69) is 9.97 Å². The van der Waals surface area contributed by atoms with Gasteiger partial charge in [-0.15, -0.1) is 0 Å². The van der Waals surface area contributed by atoms with Crippen molar-refractivity contribution in [1.29, 1.82) is 0 Å². The van der Waals surface area contributed by atoms with Gasteiger partial charge in [-0.1, -0.05) is 97.1 Å². The summed E-state index contributed by atoms with van der Waals surface area (Å²) in [6.45, 7) is 0.831. The van der Waals surface area contributed by atoms with Crippen LogP contribution in [0, 0.1) is 5.92 Å². The van der Waals surface area contributed by atoms with Gasteiger partial charge in [0.05, 0.1) is 36.9 Å². The minimum absolute atomic E-state index is 0.0722. The molecule has 4 aliphatic heterocycles. The van der Waals surface area contributed by atoms with Gasteiger partial charge in [-0.2, -0.15) is 0 Å². The predicted octanol–water partition coefficient (Wildman–Crippen LogP) is 4.65. The second-order valence-electron chi connectivity index (χ2n) is 15.5. The zero-order chi connectivity index (χ0) is 42.8. The number of rotatable bonds is 11. The van der Waals surface area contributed by atoms with Crippen LogP contribution in [0.4, 0.5) is 16.4 Å². The van der Waals surface area contributed by atoms with E-state index in [1.54, 1.807) is 65.8 Å². The first-order chi connectivity index (χ1) is 30.4. The number of benzene rings is 4. The minimum atomic E-state index is -1.95. The Bertz CT molecular complexity index is 2420. The van der Waals surface area contributed by atoms with Gasteiger partial charge in [0.25, 0.3) is 0 Å². The summed E-state index contributed by atoms with van der Waals surface area (Å²) < 4.78 is 23.6. The molecule has 1 spiro atoms. The zero-order valence-electron chi connectivity index (χ0n) is 34.1. The van der Waals surface area contributed by atoms with Crippen molar-refractivity contribution in [2.45, 2.75) is 29.6 Å². The van der Waals surface area contributed by atoms with Crippen molar-refractivity contribution in [2.24, 2.45) is 5.92 Å². The Hall–Kier alpha value is -6.68. The van der Waals surface area contributed by atoms with Crippen LogP contribution in [0.1, 0.15) is 40.4 Å². The molecule has 1 N–H and O–H groups in total. The topological polar surface area (TPSA) is 164 Å². The molecule has 4 aromatic carbocycles. The lowest BCUT2D eigenvalue weighted by atomic mass is 9.65. The molecule has 62 heavy (non-hydrogen) atoms. The largest absolute Gasteiger partial charge is 0.491 e. The third-order valence-corrected chi connectivity index (χ3v) is 12.3. The maximum absolute atomic E-state index is 16.2. The van der Waals surface area contributed by atoms with Crippen molar-refractivity contribution >= 4 is 35.5 Å².